The molecule has 0 unspecified atom stereocenters. The molecule has 4 atom stereocenters. The van der Waals surface area contributed by atoms with Crippen LogP contribution >= 0.6 is 0 Å². The first kappa shape index (κ1) is 26.5. The van der Waals surface area contributed by atoms with Crippen LogP contribution < -0.4 is 10.6 Å². The SMILES string of the molecule is C=CCCC[C@@H](NC(=O)OC(C)(C)C)C(=O)N[C@@]1(C(=O)OCC)C[C@@H](C=C)C[C@H]1C=C. The lowest BCUT2D eigenvalue weighted by atomic mass is 9.86. The molecule has 7 heteroatoms. The summed E-state index contributed by atoms with van der Waals surface area (Å²) in [6.45, 7) is 18.5. The van der Waals surface area contributed by atoms with E-state index in [2.05, 4.69) is 30.4 Å². The molecule has 1 aliphatic carbocycles. The highest BCUT2D eigenvalue weighted by Gasteiger charge is 2.53. The topological polar surface area (TPSA) is 93.7 Å². The zero-order valence-electron chi connectivity index (χ0n) is 19.4. The predicted molar refractivity (Wildman–Crippen MR) is 121 cm³/mol. The minimum Gasteiger partial charge on any atom is -0.464 e. The van der Waals surface area contributed by atoms with Gasteiger partial charge < -0.3 is 20.1 Å². The van der Waals surface area contributed by atoms with Crippen molar-refractivity contribution in [3.63, 3.8) is 0 Å². The molecule has 0 aliphatic heterocycles. The monoisotopic (exact) mass is 434 g/mol. The van der Waals surface area contributed by atoms with E-state index in [0.717, 1.165) is 0 Å². The van der Waals surface area contributed by atoms with Gasteiger partial charge in [-0.1, -0.05) is 18.2 Å². The Kier molecular flexibility index (Phi) is 10.0. The second-order valence-corrected chi connectivity index (χ2v) is 8.88. The third kappa shape index (κ3) is 7.56. The lowest BCUT2D eigenvalue weighted by Gasteiger charge is -2.34. The van der Waals surface area contributed by atoms with Gasteiger partial charge in [0.2, 0.25) is 5.91 Å². The van der Waals surface area contributed by atoms with E-state index in [1.54, 1.807) is 45.9 Å². The number of carbonyl (C=O) groups is 3. The van der Waals surface area contributed by atoms with Gasteiger partial charge in [-0.3, -0.25) is 4.79 Å². The van der Waals surface area contributed by atoms with Crippen LogP contribution in [0.5, 0.6) is 0 Å². The van der Waals surface area contributed by atoms with Crippen molar-refractivity contribution in [3.05, 3.63) is 38.0 Å². The number of nitrogens with one attached hydrogen (secondary N) is 2. The molecule has 1 saturated carbocycles. The van der Waals surface area contributed by atoms with Crippen molar-refractivity contribution in [1.29, 1.82) is 0 Å². The van der Waals surface area contributed by atoms with Crippen LogP contribution in [0.4, 0.5) is 4.79 Å². The summed E-state index contributed by atoms with van der Waals surface area (Å²) in [5, 5.41) is 5.56. The van der Waals surface area contributed by atoms with Crippen LogP contribution in [-0.4, -0.2) is 41.8 Å². The Bertz CT molecular complexity index is 682. The van der Waals surface area contributed by atoms with Crippen molar-refractivity contribution >= 4 is 18.0 Å². The fraction of sp³-hybridized carbons (Fsp3) is 0.625. The summed E-state index contributed by atoms with van der Waals surface area (Å²) in [5.74, 6) is -1.24. The number of unbranched alkanes of at least 4 members (excludes halogenated alkanes) is 1. The molecule has 1 aliphatic rings. The summed E-state index contributed by atoms with van der Waals surface area (Å²) >= 11 is 0. The molecule has 31 heavy (non-hydrogen) atoms. The molecule has 0 radical (unpaired) electrons. The average Bonchev–Trinajstić information content (AvgIpc) is 3.05. The number of rotatable bonds is 11. The number of hydrogen-bond donors (Lipinski definition) is 2. The Morgan fingerprint density at radius 3 is 2.39 bits per heavy atom. The molecule has 0 bridgehead atoms. The Balaban J connectivity index is 3.14. The van der Waals surface area contributed by atoms with E-state index < -0.39 is 35.2 Å². The van der Waals surface area contributed by atoms with Gasteiger partial charge in [0, 0.05) is 5.92 Å². The molecule has 0 aromatic rings. The van der Waals surface area contributed by atoms with E-state index in [1.807, 2.05) is 0 Å². The highest BCUT2D eigenvalue weighted by molar-refractivity contribution is 5.92. The minimum atomic E-state index is -1.25. The summed E-state index contributed by atoms with van der Waals surface area (Å²) in [5.41, 5.74) is -1.95. The lowest BCUT2D eigenvalue weighted by molar-refractivity contribution is -0.154. The van der Waals surface area contributed by atoms with Crippen molar-refractivity contribution in [2.24, 2.45) is 11.8 Å². The van der Waals surface area contributed by atoms with Crippen LogP contribution in [0.2, 0.25) is 0 Å². The van der Waals surface area contributed by atoms with Crippen LogP contribution in [0, 0.1) is 11.8 Å². The van der Waals surface area contributed by atoms with Crippen LogP contribution in [0.3, 0.4) is 0 Å². The first-order valence-corrected chi connectivity index (χ1v) is 10.9. The Morgan fingerprint density at radius 1 is 1.19 bits per heavy atom. The highest BCUT2D eigenvalue weighted by atomic mass is 16.6. The third-order valence-electron chi connectivity index (χ3n) is 5.29. The van der Waals surface area contributed by atoms with E-state index in [1.165, 1.54) is 0 Å². The van der Waals surface area contributed by atoms with E-state index in [-0.39, 0.29) is 18.4 Å². The predicted octanol–water partition coefficient (Wildman–Crippen LogP) is 4.05. The maximum Gasteiger partial charge on any atom is 0.408 e. The molecular weight excluding hydrogens is 396 g/mol. The number of ether oxygens (including phenoxy) is 2. The smallest absolute Gasteiger partial charge is 0.408 e. The van der Waals surface area contributed by atoms with Gasteiger partial charge in [-0.05, 0) is 65.7 Å². The second kappa shape index (κ2) is 11.7. The zero-order chi connectivity index (χ0) is 23.7. The van der Waals surface area contributed by atoms with Crippen LogP contribution in [0.15, 0.2) is 38.0 Å². The van der Waals surface area contributed by atoms with E-state index >= 15 is 0 Å². The number of alkyl carbamates (subject to hydrolysis) is 1. The number of amides is 2. The van der Waals surface area contributed by atoms with Crippen molar-refractivity contribution < 1.29 is 23.9 Å². The van der Waals surface area contributed by atoms with Crippen molar-refractivity contribution in [2.75, 3.05) is 6.61 Å². The van der Waals surface area contributed by atoms with Gasteiger partial charge in [0.1, 0.15) is 17.2 Å². The molecule has 0 aromatic carbocycles. The fourth-order valence-corrected chi connectivity index (χ4v) is 3.83. The molecule has 1 fully saturated rings. The molecular formula is C24H38N2O5. The van der Waals surface area contributed by atoms with Gasteiger partial charge in [0.25, 0.3) is 0 Å². The third-order valence-corrected chi connectivity index (χ3v) is 5.29. The van der Waals surface area contributed by atoms with Gasteiger partial charge in [-0.15, -0.1) is 19.7 Å². The van der Waals surface area contributed by atoms with Crippen molar-refractivity contribution in [1.82, 2.24) is 10.6 Å². The van der Waals surface area contributed by atoms with Crippen molar-refractivity contribution in [3.8, 4) is 0 Å². The Hall–Kier alpha value is -2.57. The minimum absolute atomic E-state index is 0.0331. The summed E-state index contributed by atoms with van der Waals surface area (Å²) in [6.07, 6.45) is 7.23. The Morgan fingerprint density at radius 2 is 1.87 bits per heavy atom. The highest BCUT2D eigenvalue weighted by Crippen LogP contribution is 2.42. The Labute approximate surface area is 186 Å². The molecule has 0 spiro atoms. The molecule has 2 N–H and O–H groups in total. The average molecular weight is 435 g/mol. The largest absolute Gasteiger partial charge is 0.464 e. The maximum absolute atomic E-state index is 13.3. The van der Waals surface area contributed by atoms with Crippen molar-refractivity contribution in [2.45, 2.75) is 77.0 Å². The lowest BCUT2D eigenvalue weighted by Crippen LogP contribution is -2.61. The normalized spacial score (nSPS) is 23.9. The summed E-state index contributed by atoms with van der Waals surface area (Å²) in [4.78, 5) is 38.6. The number of hydrogen-bond acceptors (Lipinski definition) is 5. The van der Waals surface area contributed by atoms with Gasteiger partial charge in [-0.2, -0.15) is 0 Å². The van der Waals surface area contributed by atoms with E-state index in [0.29, 0.717) is 32.1 Å². The molecule has 0 heterocycles. The van der Waals surface area contributed by atoms with Crippen LogP contribution in [0.25, 0.3) is 0 Å². The number of allylic oxidation sites excluding steroid dienone is 2. The first-order chi connectivity index (χ1) is 14.5. The first-order valence-electron chi connectivity index (χ1n) is 10.9. The van der Waals surface area contributed by atoms with E-state index in [4.69, 9.17) is 9.47 Å². The van der Waals surface area contributed by atoms with Gasteiger partial charge in [0.15, 0.2) is 0 Å². The molecule has 2 amide bonds. The van der Waals surface area contributed by atoms with Crippen LogP contribution in [0.1, 0.15) is 59.8 Å². The van der Waals surface area contributed by atoms with Gasteiger partial charge >= 0.3 is 12.1 Å². The number of carbonyl (C=O) groups excluding carboxylic acids is 3. The second-order valence-electron chi connectivity index (χ2n) is 8.88. The van der Waals surface area contributed by atoms with Crippen LogP contribution in [-0.2, 0) is 19.1 Å². The quantitative estimate of drug-likeness (QED) is 0.291. The molecule has 1 rings (SSSR count). The molecule has 0 aromatic heterocycles. The summed E-state index contributed by atoms with van der Waals surface area (Å²) < 4.78 is 10.6. The van der Waals surface area contributed by atoms with E-state index in [9.17, 15) is 14.4 Å². The van der Waals surface area contributed by atoms with Gasteiger partial charge in [-0.25, -0.2) is 9.59 Å². The molecule has 7 nitrogen and oxygen atoms in total. The standard InChI is InChI=1S/C24H38N2O5/c1-8-12-13-14-19(25-22(29)31-23(5,6)7)20(27)26-24(21(28)30-11-4)16-17(9-2)15-18(24)10-3/h8-10,17-19H,1-3,11-16H2,4-7H3,(H,25,29)(H,26,27)/t17-,18+,19+,24-/m0/s1. The summed E-state index contributed by atoms with van der Waals surface area (Å²) in [6, 6.07) is -0.866. The molecule has 0 saturated heterocycles. The van der Waals surface area contributed by atoms with Gasteiger partial charge in [0.05, 0.1) is 6.61 Å². The maximum atomic E-state index is 13.3. The molecule has 174 valence electrons. The summed E-state index contributed by atoms with van der Waals surface area (Å²) in [7, 11) is 0. The fourth-order valence-electron chi connectivity index (χ4n) is 3.83. The number of esters is 1. The zero-order valence-corrected chi connectivity index (χ0v) is 19.4.